The van der Waals surface area contributed by atoms with Crippen molar-refractivity contribution in [1.29, 1.82) is 0 Å². The molecule has 0 amide bonds. The summed E-state index contributed by atoms with van der Waals surface area (Å²) in [6, 6.07) is 0. The molecular formula is C13H18N4O3. The molecule has 20 heavy (non-hydrogen) atoms. The molecule has 2 aromatic heterocycles. The Morgan fingerprint density at radius 3 is 2.85 bits per heavy atom. The van der Waals surface area contributed by atoms with E-state index < -0.39 is 12.3 Å². The summed E-state index contributed by atoms with van der Waals surface area (Å²) in [4.78, 5) is 12.7. The van der Waals surface area contributed by atoms with E-state index in [2.05, 4.69) is 15.0 Å². The Balaban J connectivity index is 2.01. The number of imidazole rings is 1. The predicted molar refractivity (Wildman–Crippen MR) is 71.1 cm³/mol. The molecule has 2 aromatic rings. The summed E-state index contributed by atoms with van der Waals surface area (Å²) < 4.78 is 13.0. The van der Waals surface area contributed by atoms with Gasteiger partial charge < -0.3 is 14.6 Å². The Hall–Kier alpha value is -1.57. The minimum atomic E-state index is -0.752. The van der Waals surface area contributed by atoms with Crippen LogP contribution in [0.1, 0.15) is 25.3 Å². The van der Waals surface area contributed by atoms with Gasteiger partial charge in [-0.15, -0.1) is 0 Å². The fourth-order valence-electron chi connectivity index (χ4n) is 2.72. The molecule has 0 aromatic carbocycles. The maximum Gasteiger partial charge on any atom is 0.165 e. The lowest BCUT2D eigenvalue weighted by atomic mass is 10.1. The van der Waals surface area contributed by atoms with Crippen molar-refractivity contribution in [3.05, 3.63) is 18.3 Å². The van der Waals surface area contributed by atoms with E-state index in [-0.39, 0.29) is 12.2 Å². The molecule has 0 spiro atoms. The molecular weight excluding hydrogens is 260 g/mol. The van der Waals surface area contributed by atoms with Crippen LogP contribution in [-0.4, -0.2) is 50.0 Å². The van der Waals surface area contributed by atoms with E-state index in [4.69, 9.17) is 9.47 Å². The monoisotopic (exact) mass is 278 g/mol. The molecule has 2 unspecified atom stereocenters. The van der Waals surface area contributed by atoms with Crippen molar-refractivity contribution >= 4 is 11.2 Å². The second kappa shape index (κ2) is 5.08. The summed E-state index contributed by atoms with van der Waals surface area (Å²) in [6.07, 6.45) is 2.12. The van der Waals surface area contributed by atoms with E-state index >= 15 is 0 Å². The fourth-order valence-corrected chi connectivity index (χ4v) is 2.72. The van der Waals surface area contributed by atoms with E-state index in [1.807, 2.05) is 13.8 Å². The van der Waals surface area contributed by atoms with Gasteiger partial charge in [0.25, 0.3) is 0 Å². The molecule has 3 heterocycles. The highest BCUT2D eigenvalue weighted by Gasteiger charge is 2.44. The Labute approximate surface area is 116 Å². The van der Waals surface area contributed by atoms with Gasteiger partial charge in [0, 0.05) is 7.11 Å². The van der Waals surface area contributed by atoms with Crippen LogP contribution in [0.5, 0.6) is 0 Å². The molecule has 1 fully saturated rings. The van der Waals surface area contributed by atoms with Crippen LogP contribution in [0.3, 0.4) is 0 Å². The largest absolute Gasteiger partial charge is 0.386 e. The Morgan fingerprint density at radius 2 is 2.20 bits per heavy atom. The average molecular weight is 278 g/mol. The topological polar surface area (TPSA) is 82.3 Å². The lowest BCUT2D eigenvalue weighted by Crippen LogP contribution is -2.33. The molecule has 1 N–H and O–H groups in total. The standard InChI is InChI=1S/C13H18N4O3/c1-4-8-11(19-3)10(18)13(20-8)17-6-16-9-7(2)14-5-15-12(9)17/h5-6,8,10-11,13,18H,4H2,1-3H3/t8-,10?,11?,13-/m1/s1. The summed E-state index contributed by atoms with van der Waals surface area (Å²) in [5.74, 6) is 0. The molecule has 4 atom stereocenters. The molecule has 1 aliphatic rings. The van der Waals surface area contributed by atoms with Crippen LogP contribution < -0.4 is 0 Å². The second-order valence-corrected chi connectivity index (χ2v) is 4.95. The number of fused-ring (bicyclic) bond motifs is 1. The lowest BCUT2D eigenvalue weighted by molar-refractivity contribution is -0.0356. The number of aliphatic hydroxyl groups excluding tert-OH is 1. The zero-order valence-corrected chi connectivity index (χ0v) is 11.7. The van der Waals surface area contributed by atoms with Crippen LogP contribution in [0.15, 0.2) is 12.7 Å². The van der Waals surface area contributed by atoms with E-state index in [0.29, 0.717) is 5.65 Å². The molecule has 7 heteroatoms. The normalized spacial score (nSPS) is 30.2. The highest BCUT2D eigenvalue weighted by atomic mass is 16.6. The van der Waals surface area contributed by atoms with Crippen LogP contribution in [0, 0.1) is 6.92 Å². The summed E-state index contributed by atoms with van der Waals surface area (Å²) in [5.41, 5.74) is 2.18. The third kappa shape index (κ3) is 1.90. The van der Waals surface area contributed by atoms with Gasteiger partial charge in [-0.2, -0.15) is 0 Å². The van der Waals surface area contributed by atoms with Gasteiger partial charge in [0.2, 0.25) is 0 Å². The van der Waals surface area contributed by atoms with Gasteiger partial charge in [0.15, 0.2) is 11.9 Å². The zero-order chi connectivity index (χ0) is 14.3. The summed E-state index contributed by atoms with van der Waals surface area (Å²) in [5, 5.41) is 10.4. The molecule has 1 saturated heterocycles. The minimum Gasteiger partial charge on any atom is -0.386 e. The van der Waals surface area contributed by atoms with Gasteiger partial charge in [-0.1, -0.05) is 6.92 Å². The van der Waals surface area contributed by atoms with Crippen LogP contribution in [-0.2, 0) is 9.47 Å². The third-order valence-corrected chi connectivity index (χ3v) is 3.80. The summed E-state index contributed by atoms with van der Waals surface area (Å²) >= 11 is 0. The molecule has 7 nitrogen and oxygen atoms in total. The molecule has 0 aliphatic carbocycles. The van der Waals surface area contributed by atoms with Gasteiger partial charge >= 0.3 is 0 Å². The first kappa shape index (κ1) is 13.4. The molecule has 1 aliphatic heterocycles. The first-order valence-electron chi connectivity index (χ1n) is 6.67. The highest BCUT2D eigenvalue weighted by Crippen LogP contribution is 2.34. The molecule has 0 bridgehead atoms. The van der Waals surface area contributed by atoms with E-state index in [1.54, 1.807) is 18.0 Å². The van der Waals surface area contributed by atoms with Crippen molar-refractivity contribution < 1.29 is 14.6 Å². The predicted octanol–water partition coefficient (Wildman–Crippen LogP) is 0.818. The van der Waals surface area contributed by atoms with Crippen LogP contribution in [0.4, 0.5) is 0 Å². The van der Waals surface area contributed by atoms with Crippen molar-refractivity contribution in [3.63, 3.8) is 0 Å². The molecule has 0 radical (unpaired) electrons. The summed E-state index contributed by atoms with van der Waals surface area (Å²) in [7, 11) is 1.58. The van der Waals surface area contributed by atoms with Crippen LogP contribution >= 0.6 is 0 Å². The first-order chi connectivity index (χ1) is 9.67. The number of aromatic nitrogens is 4. The molecule has 0 saturated carbocycles. The molecule has 3 rings (SSSR count). The first-order valence-corrected chi connectivity index (χ1v) is 6.67. The van der Waals surface area contributed by atoms with E-state index in [9.17, 15) is 5.11 Å². The van der Waals surface area contributed by atoms with Crippen molar-refractivity contribution in [3.8, 4) is 0 Å². The minimum absolute atomic E-state index is 0.139. The number of hydrogen-bond acceptors (Lipinski definition) is 6. The van der Waals surface area contributed by atoms with Gasteiger partial charge in [-0.05, 0) is 13.3 Å². The second-order valence-electron chi connectivity index (χ2n) is 4.95. The number of ether oxygens (including phenoxy) is 2. The lowest BCUT2D eigenvalue weighted by Gasteiger charge is -2.17. The van der Waals surface area contributed by atoms with Crippen molar-refractivity contribution in [2.45, 2.75) is 44.8 Å². The number of aliphatic hydroxyl groups is 1. The Morgan fingerprint density at radius 1 is 1.40 bits per heavy atom. The third-order valence-electron chi connectivity index (χ3n) is 3.80. The maximum atomic E-state index is 10.4. The van der Waals surface area contributed by atoms with Crippen molar-refractivity contribution in [1.82, 2.24) is 19.5 Å². The number of rotatable bonds is 3. The number of nitrogens with zero attached hydrogens (tertiary/aromatic N) is 4. The number of methoxy groups -OCH3 is 1. The smallest absolute Gasteiger partial charge is 0.165 e. The maximum absolute atomic E-state index is 10.4. The van der Waals surface area contributed by atoms with Gasteiger partial charge in [-0.25, -0.2) is 15.0 Å². The average Bonchev–Trinajstić information content (AvgIpc) is 3.00. The van der Waals surface area contributed by atoms with Gasteiger partial charge in [-0.3, -0.25) is 4.57 Å². The number of hydrogen-bond donors (Lipinski definition) is 1. The van der Waals surface area contributed by atoms with E-state index in [1.165, 1.54) is 6.33 Å². The van der Waals surface area contributed by atoms with E-state index in [0.717, 1.165) is 17.6 Å². The van der Waals surface area contributed by atoms with Crippen molar-refractivity contribution in [2.75, 3.05) is 7.11 Å². The number of aryl methyl sites for hydroxylation is 1. The Bertz CT molecular complexity index is 615. The summed E-state index contributed by atoms with van der Waals surface area (Å²) in [6.45, 7) is 3.88. The molecule has 108 valence electrons. The van der Waals surface area contributed by atoms with Gasteiger partial charge in [0.1, 0.15) is 24.1 Å². The fraction of sp³-hybridized carbons (Fsp3) is 0.615. The van der Waals surface area contributed by atoms with Gasteiger partial charge in [0.05, 0.1) is 18.1 Å². The van der Waals surface area contributed by atoms with Crippen LogP contribution in [0.25, 0.3) is 11.2 Å². The van der Waals surface area contributed by atoms with Crippen molar-refractivity contribution in [2.24, 2.45) is 0 Å². The van der Waals surface area contributed by atoms with Crippen LogP contribution in [0.2, 0.25) is 0 Å². The quantitative estimate of drug-likeness (QED) is 0.895. The highest BCUT2D eigenvalue weighted by molar-refractivity contribution is 5.72. The SMILES string of the molecule is CC[C@H]1O[C@@H](n2cnc3c(C)ncnc32)C(O)C1OC. The Kier molecular flexibility index (Phi) is 3.41. The zero-order valence-electron chi connectivity index (χ0n) is 11.7.